The fraction of sp³-hybridized carbons (Fsp3) is 0.345. The number of nitrogens with zero attached hydrogens (tertiary/aromatic N) is 3. The molecule has 1 aliphatic rings. The van der Waals surface area contributed by atoms with Crippen molar-refractivity contribution in [3.8, 4) is 28.8 Å². The van der Waals surface area contributed by atoms with Gasteiger partial charge in [-0.05, 0) is 68.2 Å². The lowest BCUT2D eigenvalue weighted by atomic mass is 10.0. The number of hydrogen-bond acceptors (Lipinski definition) is 5. The van der Waals surface area contributed by atoms with Crippen LogP contribution in [-0.2, 0) is 9.53 Å². The van der Waals surface area contributed by atoms with Gasteiger partial charge in [-0.1, -0.05) is 31.5 Å². The average Bonchev–Trinajstić information content (AvgIpc) is 3.58. The van der Waals surface area contributed by atoms with Gasteiger partial charge in [0, 0.05) is 30.5 Å². The fourth-order valence-corrected chi connectivity index (χ4v) is 4.13. The standard InChI is InChI=1S/C29H32N4O3/c1-3-4-14-36-27-13-12-22(16-21(27)2)28-24(20-33(32-28)25-9-6-5-7-10-25)17-23(18-30)29(34)31-19-26-11-8-15-35-26/h5-7,9-10,12-13,16-17,20,26H,3-4,8,11,14-15,19H2,1-2H3,(H,31,34)/b23-17+/t26-/m1/s1. The van der Waals surface area contributed by atoms with Crippen LogP contribution >= 0.6 is 0 Å². The van der Waals surface area contributed by atoms with Crippen molar-refractivity contribution in [1.82, 2.24) is 15.1 Å². The second-order valence-electron chi connectivity index (χ2n) is 8.91. The Bertz CT molecular complexity index is 1250. The number of nitriles is 1. The summed E-state index contributed by atoms with van der Waals surface area (Å²) in [5.41, 5.74) is 4.16. The molecule has 1 saturated heterocycles. The molecule has 0 aliphatic carbocycles. The number of para-hydroxylation sites is 1. The molecule has 0 unspecified atom stereocenters. The van der Waals surface area contributed by atoms with E-state index in [9.17, 15) is 10.1 Å². The molecule has 186 valence electrons. The summed E-state index contributed by atoms with van der Waals surface area (Å²) >= 11 is 0. The first-order valence-corrected chi connectivity index (χ1v) is 12.5. The van der Waals surface area contributed by atoms with E-state index in [1.807, 2.05) is 61.7 Å². The number of amides is 1. The molecule has 7 heteroatoms. The van der Waals surface area contributed by atoms with E-state index < -0.39 is 5.91 Å². The zero-order valence-electron chi connectivity index (χ0n) is 20.9. The number of carbonyl (C=O) groups is 1. The first-order chi connectivity index (χ1) is 17.6. The first-order valence-electron chi connectivity index (χ1n) is 12.5. The summed E-state index contributed by atoms with van der Waals surface area (Å²) in [5.74, 6) is 0.431. The highest BCUT2D eigenvalue weighted by molar-refractivity contribution is 6.02. The van der Waals surface area contributed by atoms with E-state index in [2.05, 4.69) is 18.3 Å². The van der Waals surface area contributed by atoms with Gasteiger partial charge >= 0.3 is 0 Å². The summed E-state index contributed by atoms with van der Waals surface area (Å²) in [5, 5.41) is 17.4. The van der Waals surface area contributed by atoms with Crippen LogP contribution < -0.4 is 10.1 Å². The maximum absolute atomic E-state index is 12.8. The number of carbonyl (C=O) groups excluding carboxylic acids is 1. The molecule has 1 aliphatic heterocycles. The van der Waals surface area contributed by atoms with Gasteiger partial charge in [-0.25, -0.2) is 4.68 Å². The quantitative estimate of drug-likeness (QED) is 0.242. The van der Waals surface area contributed by atoms with Gasteiger partial charge in [-0.15, -0.1) is 0 Å². The van der Waals surface area contributed by atoms with Crippen LogP contribution in [0.3, 0.4) is 0 Å². The normalized spacial score (nSPS) is 15.5. The average molecular weight is 485 g/mol. The largest absolute Gasteiger partial charge is 0.493 e. The number of nitrogens with one attached hydrogen (secondary N) is 1. The predicted molar refractivity (Wildman–Crippen MR) is 140 cm³/mol. The number of rotatable bonds is 10. The molecule has 2 heterocycles. The van der Waals surface area contributed by atoms with Gasteiger partial charge in [-0.3, -0.25) is 4.79 Å². The van der Waals surface area contributed by atoms with Crippen LogP contribution in [-0.4, -0.2) is 41.6 Å². The molecule has 1 atom stereocenters. The molecule has 0 spiro atoms. The molecular weight excluding hydrogens is 452 g/mol. The Morgan fingerprint density at radius 3 is 2.83 bits per heavy atom. The Kier molecular flexibility index (Phi) is 8.53. The third kappa shape index (κ3) is 6.21. The molecule has 1 N–H and O–H groups in total. The highest BCUT2D eigenvalue weighted by Gasteiger charge is 2.19. The van der Waals surface area contributed by atoms with Crippen molar-refractivity contribution in [3.05, 3.63) is 71.4 Å². The molecule has 1 amide bonds. The number of aryl methyl sites for hydroxylation is 1. The Labute approximate surface area is 212 Å². The minimum Gasteiger partial charge on any atom is -0.493 e. The molecule has 1 aromatic heterocycles. The van der Waals surface area contributed by atoms with E-state index in [0.717, 1.165) is 48.2 Å². The Balaban J connectivity index is 1.66. The number of benzene rings is 2. The molecule has 1 fully saturated rings. The molecule has 2 aromatic carbocycles. The topological polar surface area (TPSA) is 89.2 Å². The monoisotopic (exact) mass is 484 g/mol. The van der Waals surface area contributed by atoms with E-state index in [1.54, 1.807) is 10.8 Å². The second-order valence-corrected chi connectivity index (χ2v) is 8.91. The van der Waals surface area contributed by atoms with E-state index in [0.29, 0.717) is 31.0 Å². The highest BCUT2D eigenvalue weighted by Crippen LogP contribution is 2.30. The van der Waals surface area contributed by atoms with Crippen LogP contribution in [0.1, 0.15) is 43.7 Å². The van der Waals surface area contributed by atoms with Crippen molar-refractivity contribution in [2.45, 2.75) is 45.6 Å². The van der Waals surface area contributed by atoms with Crippen LogP contribution in [0.15, 0.2) is 60.3 Å². The van der Waals surface area contributed by atoms with Gasteiger partial charge in [0.2, 0.25) is 0 Å². The molecule has 0 saturated carbocycles. The first kappa shape index (κ1) is 25.2. The number of ether oxygens (including phenoxy) is 2. The van der Waals surface area contributed by atoms with Crippen molar-refractivity contribution in [2.75, 3.05) is 19.8 Å². The molecule has 3 aromatic rings. The van der Waals surface area contributed by atoms with Crippen molar-refractivity contribution in [1.29, 1.82) is 5.26 Å². The zero-order valence-corrected chi connectivity index (χ0v) is 20.9. The second kappa shape index (κ2) is 12.2. The van der Waals surface area contributed by atoms with Crippen LogP contribution in [0.4, 0.5) is 0 Å². The number of hydrogen-bond donors (Lipinski definition) is 1. The van der Waals surface area contributed by atoms with Gasteiger partial charge < -0.3 is 14.8 Å². The summed E-state index contributed by atoms with van der Waals surface area (Å²) in [6, 6.07) is 17.7. The summed E-state index contributed by atoms with van der Waals surface area (Å²) in [4.78, 5) is 12.8. The third-order valence-electron chi connectivity index (χ3n) is 6.15. The molecular formula is C29H32N4O3. The molecule has 36 heavy (non-hydrogen) atoms. The molecule has 0 bridgehead atoms. The zero-order chi connectivity index (χ0) is 25.3. The lowest BCUT2D eigenvalue weighted by Gasteiger charge is -2.11. The number of aromatic nitrogens is 2. The Morgan fingerprint density at radius 2 is 2.14 bits per heavy atom. The highest BCUT2D eigenvalue weighted by atomic mass is 16.5. The summed E-state index contributed by atoms with van der Waals surface area (Å²) in [6.45, 7) is 5.93. The third-order valence-corrected chi connectivity index (χ3v) is 6.15. The van der Waals surface area contributed by atoms with Crippen LogP contribution in [0.25, 0.3) is 23.0 Å². The van der Waals surface area contributed by atoms with Crippen LogP contribution in [0, 0.1) is 18.3 Å². The van der Waals surface area contributed by atoms with Crippen molar-refractivity contribution >= 4 is 12.0 Å². The van der Waals surface area contributed by atoms with Crippen molar-refractivity contribution in [3.63, 3.8) is 0 Å². The lowest BCUT2D eigenvalue weighted by molar-refractivity contribution is -0.117. The van der Waals surface area contributed by atoms with E-state index in [-0.39, 0.29) is 11.7 Å². The van der Waals surface area contributed by atoms with Crippen molar-refractivity contribution in [2.24, 2.45) is 0 Å². The maximum Gasteiger partial charge on any atom is 0.262 e. The summed E-state index contributed by atoms with van der Waals surface area (Å²) in [7, 11) is 0. The minimum absolute atomic E-state index is 0.00585. The van der Waals surface area contributed by atoms with Crippen LogP contribution in [0.5, 0.6) is 5.75 Å². The van der Waals surface area contributed by atoms with E-state index in [1.165, 1.54) is 0 Å². The van der Waals surface area contributed by atoms with E-state index >= 15 is 0 Å². The van der Waals surface area contributed by atoms with Crippen LogP contribution in [0.2, 0.25) is 0 Å². The molecule has 4 rings (SSSR count). The molecule has 7 nitrogen and oxygen atoms in total. The summed E-state index contributed by atoms with van der Waals surface area (Å²) in [6.07, 6.45) is 7.44. The Hall–Kier alpha value is -3.89. The Morgan fingerprint density at radius 1 is 1.31 bits per heavy atom. The van der Waals surface area contributed by atoms with Gasteiger partial charge in [0.05, 0.1) is 18.4 Å². The molecule has 0 radical (unpaired) electrons. The maximum atomic E-state index is 12.8. The number of unbranched alkanes of at least 4 members (excludes halogenated alkanes) is 1. The SMILES string of the molecule is CCCCOc1ccc(-c2nn(-c3ccccc3)cc2/C=C(\C#N)C(=O)NC[C@H]2CCCO2)cc1C. The van der Waals surface area contributed by atoms with Gasteiger partial charge in [0.15, 0.2) is 0 Å². The van der Waals surface area contributed by atoms with Gasteiger partial charge in [0.25, 0.3) is 5.91 Å². The predicted octanol–water partition coefficient (Wildman–Crippen LogP) is 5.23. The van der Waals surface area contributed by atoms with Gasteiger partial charge in [0.1, 0.15) is 23.1 Å². The smallest absolute Gasteiger partial charge is 0.262 e. The summed E-state index contributed by atoms with van der Waals surface area (Å²) < 4.78 is 13.3. The lowest BCUT2D eigenvalue weighted by Crippen LogP contribution is -2.32. The van der Waals surface area contributed by atoms with Crippen molar-refractivity contribution < 1.29 is 14.3 Å². The fourth-order valence-electron chi connectivity index (χ4n) is 4.13. The van der Waals surface area contributed by atoms with Gasteiger partial charge in [-0.2, -0.15) is 10.4 Å². The minimum atomic E-state index is -0.415. The van der Waals surface area contributed by atoms with E-state index in [4.69, 9.17) is 14.6 Å².